The summed E-state index contributed by atoms with van der Waals surface area (Å²) in [5, 5.41) is 7.17. The zero-order valence-electron chi connectivity index (χ0n) is 17.5. The molecule has 1 aliphatic heterocycles. The highest BCUT2D eigenvalue weighted by molar-refractivity contribution is 7.80. The Labute approximate surface area is 194 Å². The van der Waals surface area contributed by atoms with Crippen molar-refractivity contribution >= 4 is 35.9 Å². The van der Waals surface area contributed by atoms with Crippen LogP contribution in [0, 0.1) is 0 Å². The van der Waals surface area contributed by atoms with Crippen molar-refractivity contribution in [1.82, 2.24) is 0 Å². The third-order valence-corrected chi connectivity index (χ3v) is 5.97. The van der Waals surface area contributed by atoms with Gasteiger partial charge in [-0.15, -0.1) is 12.6 Å². The monoisotopic (exact) mass is 433 g/mol. The van der Waals surface area contributed by atoms with Gasteiger partial charge in [-0.05, 0) is 41.0 Å². The molecule has 0 radical (unpaired) electrons. The molecule has 0 spiro atoms. The van der Waals surface area contributed by atoms with E-state index in [1.165, 1.54) is 11.1 Å². The Kier molecular flexibility index (Phi) is 5.86. The number of thiol groups is 1. The van der Waals surface area contributed by atoms with Crippen LogP contribution in [-0.2, 0) is 0 Å². The average molecular weight is 434 g/mol. The molecule has 156 valence electrons. The lowest BCUT2D eigenvalue weighted by Gasteiger charge is -2.24. The highest BCUT2D eigenvalue weighted by Crippen LogP contribution is 2.36. The zero-order valence-corrected chi connectivity index (χ0v) is 18.4. The van der Waals surface area contributed by atoms with Crippen molar-refractivity contribution in [3.63, 3.8) is 0 Å². The van der Waals surface area contributed by atoms with Crippen LogP contribution in [0.5, 0.6) is 0 Å². The summed E-state index contributed by atoms with van der Waals surface area (Å²) in [6.45, 7) is 0. The number of hydrazone groups is 1. The fraction of sp³-hybridized carbons (Fsp3) is 0.0714. The predicted octanol–water partition coefficient (Wildman–Crippen LogP) is 7.08. The van der Waals surface area contributed by atoms with Gasteiger partial charge in [-0.2, -0.15) is 5.10 Å². The summed E-state index contributed by atoms with van der Waals surface area (Å²) in [7, 11) is 0. The highest BCUT2D eigenvalue weighted by Gasteiger charge is 2.29. The number of hydrogen-bond donors (Lipinski definition) is 1. The molecule has 3 nitrogen and oxygen atoms in total. The van der Waals surface area contributed by atoms with Crippen LogP contribution in [0.15, 0.2) is 124 Å². The molecule has 0 bridgehead atoms. The molecular formula is C28H23N3S. The molecule has 1 aliphatic rings. The molecule has 0 saturated heterocycles. The molecule has 4 aromatic rings. The Bertz CT molecular complexity index is 1250. The molecular weight excluding hydrogens is 410 g/mol. The summed E-state index contributed by atoms with van der Waals surface area (Å²) in [5.74, 6) is 0. The predicted molar refractivity (Wildman–Crippen MR) is 137 cm³/mol. The summed E-state index contributed by atoms with van der Waals surface area (Å²) in [5.41, 5.74) is 6.50. The Hall–Kier alpha value is -3.63. The molecule has 0 N–H and O–H groups in total. The third kappa shape index (κ3) is 4.36. The van der Waals surface area contributed by atoms with Gasteiger partial charge in [0.1, 0.15) is 0 Å². The molecule has 1 atom stereocenters. The Morgan fingerprint density at radius 1 is 0.781 bits per heavy atom. The van der Waals surface area contributed by atoms with E-state index in [1.807, 2.05) is 36.5 Å². The fourth-order valence-corrected chi connectivity index (χ4v) is 4.14. The summed E-state index contributed by atoms with van der Waals surface area (Å²) in [6.07, 6.45) is 2.74. The second-order valence-corrected chi connectivity index (χ2v) is 8.21. The van der Waals surface area contributed by atoms with Crippen molar-refractivity contribution in [1.29, 1.82) is 0 Å². The first-order valence-electron chi connectivity index (χ1n) is 10.7. The van der Waals surface area contributed by atoms with Crippen LogP contribution in [-0.4, -0.2) is 11.9 Å². The number of para-hydroxylation sites is 1. The van der Waals surface area contributed by atoms with E-state index in [9.17, 15) is 0 Å². The zero-order chi connectivity index (χ0) is 21.8. The van der Waals surface area contributed by atoms with Gasteiger partial charge in [0.05, 0.1) is 23.1 Å². The lowest BCUT2D eigenvalue weighted by atomic mass is 9.98. The summed E-state index contributed by atoms with van der Waals surface area (Å²) < 4.78 is 0. The molecule has 5 rings (SSSR count). The maximum atomic E-state index is 5.03. The van der Waals surface area contributed by atoms with Gasteiger partial charge in [0.15, 0.2) is 0 Å². The third-order valence-electron chi connectivity index (χ3n) is 5.59. The van der Waals surface area contributed by atoms with Gasteiger partial charge < -0.3 is 0 Å². The van der Waals surface area contributed by atoms with E-state index < -0.39 is 0 Å². The lowest BCUT2D eigenvalue weighted by molar-refractivity contribution is 0.709. The van der Waals surface area contributed by atoms with Crippen molar-refractivity contribution in [2.24, 2.45) is 10.1 Å². The molecule has 1 unspecified atom stereocenters. The van der Waals surface area contributed by atoms with E-state index in [0.717, 1.165) is 34.0 Å². The molecule has 0 amide bonds. The Balaban J connectivity index is 1.44. The highest BCUT2D eigenvalue weighted by atomic mass is 32.1. The Morgan fingerprint density at radius 3 is 2.16 bits per heavy atom. The maximum absolute atomic E-state index is 5.03. The van der Waals surface area contributed by atoms with E-state index in [0.29, 0.717) is 0 Å². The van der Waals surface area contributed by atoms with Gasteiger partial charge in [0, 0.05) is 17.5 Å². The van der Waals surface area contributed by atoms with Gasteiger partial charge in [-0.3, -0.25) is 10.0 Å². The largest absolute Gasteiger partial charge is 0.257 e. The number of aliphatic imine (C=N–C) groups is 1. The van der Waals surface area contributed by atoms with Crippen LogP contribution in [0.1, 0.15) is 29.2 Å². The van der Waals surface area contributed by atoms with Gasteiger partial charge >= 0.3 is 0 Å². The van der Waals surface area contributed by atoms with Crippen molar-refractivity contribution < 1.29 is 0 Å². The van der Waals surface area contributed by atoms with Crippen LogP contribution in [0.3, 0.4) is 0 Å². The number of benzene rings is 4. The van der Waals surface area contributed by atoms with Gasteiger partial charge in [-0.25, -0.2) is 0 Å². The second-order valence-electron chi connectivity index (χ2n) is 7.73. The number of rotatable bonds is 5. The van der Waals surface area contributed by atoms with Crippen molar-refractivity contribution in [3.05, 3.63) is 126 Å². The maximum Gasteiger partial charge on any atom is 0.0831 e. The minimum Gasteiger partial charge on any atom is -0.257 e. The molecule has 4 heteroatoms. The molecule has 4 aromatic carbocycles. The summed E-state index contributed by atoms with van der Waals surface area (Å²) in [6, 6.07) is 37.4. The number of anilines is 1. The fourth-order valence-electron chi connectivity index (χ4n) is 3.92. The van der Waals surface area contributed by atoms with E-state index >= 15 is 0 Å². The first-order chi connectivity index (χ1) is 15.8. The van der Waals surface area contributed by atoms with Crippen molar-refractivity contribution in [2.75, 3.05) is 5.01 Å². The van der Waals surface area contributed by atoms with Crippen LogP contribution < -0.4 is 5.01 Å². The molecule has 0 aliphatic carbocycles. The quantitative estimate of drug-likeness (QED) is 0.264. The first kappa shape index (κ1) is 20.3. The van der Waals surface area contributed by atoms with Gasteiger partial charge in [0.25, 0.3) is 0 Å². The molecule has 1 heterocycles. The van der Waals surface area contributed by atoms with Gasteiger partial charge in [0.2, 0.25) is 0 Å². The average Bonchev–Trinajstić information content (AvgIpc) is 3.31. The molecule has 0 aromatic heterocycles. The van der Waals surface area contributed by atoms with Crippen molar-refractivity contribution in [3.8, 4) is 0 Å². The minimum absolute atomic E-state index is 0.169. The lowest BCUT2D eigenvalue weighted by Crippen LogP contribution is -2.18. The van der Waals surface area contributed by atoms with Crippen LogP contribution in [0.2, 0.25) is 0 Å². The number of nitrogens with zero attached hydrogens (tertiary/aromatic N) is 3. The standard InChI is InChI=1S/C28H23N3S/c32-28-14-8-7-13-25(28)29-20-21-15-17-24(18-16-21)31-27(23-11-5-2-6-12-23)19-26(30-31)22-9-3-1-4-10-22/h1-18,20,27,32H,19H2. The van der Waals surface area contributed by atoms with Gasteiger partial charge in [-0.1, -0.05) is 84.9 Å². The SMILES string of the molecule is Sc1ccccc1N=Cc1ccc(N2N=C(c3ccccc3)CC2c2ccccc2)cc1. The second kappa shape index (κ2) is 9.25. The number of hydrogen-bond acceptors (Lipinski definition) is 4. The minimum atomic E-state index is 0.169. The van der Waals surface area contributed by atoms with E-state index in [2.05, 4.69) is 101 Å². The van der Waals surface area contributed by atoms with Crippen LogP contribution >= 0.6 is 12.6 Å². The molecule has 0 saturated carbocycles. The first-order valence-corrected chi connectivity index (χ1v) is 11.1. The molecule has 0 fully saturated rings. The summed E-state index contributed by atoms with van der Waals surface area (Å²) in [4.78, 5) is 5.44. The van der Waals surface area contributed by atoms with E-state index in [1.54, 1.807) is 0 Å². The molecule has 32 heavy (non-hydrogen) atoms. The smallest absolute Gasteiger partial charge is 0.0831 e. The Morgan fingerprint density at radius 2 is 1.44 bits per heavy atom. The topological polar surface area (TPSA) is 28.0 Å². The summed E-state index contributed by atoms with van der Waals surface area (Å²) >= 11 is 4.47. The normalized spacial score (nSPS) is 15.8. The van der Waals surface area contributed by atoms with E-state index in [4.69, 9.17) is 5.10 Å². The van der Waals surface area contributed by atoms with E-state index in [-0.39, 0.29) is 6.04 Å². The van der Waals surface area contributed by atoms with Crippen molar-refractivity contribution in [2.45, 2.75) is 17.4 Å². The van der Waals surface area contributed by atoms with Crippen LogP contribution in [0.4, 0.5) is 11.4 Å². The van der Waals surface area contributed by atoms with Crippen LogP contribution in [0.25, 0.3) is 0 Å².